The predicted octanol–water partition coefficient (Wildman–Crippen LogP) is 3.15. The van der Waals surface area contributed by atoms with Crippen molar-refractivity contribution in [1.29, 1.82) is 0 Å². The van der Waals surface area contributed by atoms with Crippen LogP contribution in [0.15, 0.2) is 64.6 Å². The van der Waals surface area contributed by atoms with Gasteiger partial charge in [-0.25, -0.2) is 4.57 Å². The first-order valence-corrected chi connectivity index (χ1v) is 5.92. The van der Waals surface area contributed by atoms with Crippen molar-refractivity contribution in [2.75, 3.05) is 0 Å². The van der Waals surface area contributed by atoms with Crippen molar-refractivity contribution >= 4 is 11.8 Å². The van der Waals surface area contributed by atoms with E-state index in [-0.39, 0.29) is 0 Å². The van der Waals surface area contributed by atoms with E-state index in [1.165, 1.54) is 9.79 Å². The first-order chi connectivity index (χ1) is 7.38. The molecule has 0 unspecified atom stereocenters. The molecule has 1 heterocycles. The van der Waals surface area contributed by atoms with Crippen molar-refractivity contribution in [2.45, 2.75) is 23.3 Å². The van der Waals surface area contributed by atoms with Gasteiger partial charge in [0.05, 0.1) is 0 Å². The summed E-state index contributed by atoms with van der Waals surface area (Å²) in [4.78, 5) is 2.57. The van der Waals surface area contributed by atoms with Gasteiger partial charge in [0.1, 0.15) is 6.54 Å². The van der Waals surface area contributed by atoms with Gasteiger partial charge in [-0.15, -0.1) is 0 Å². The first kappa shape index (κ1) is 10.2. The number of benzene rings is 1. The summed E-state index contributed by atoms with van der Waals surface area (Å²) in [7, 11) is 0. The minimum absolute atomic E-state index is 1.02. The molecule has 1 nitrogen and oxygen atoms in total. The fourth-order valence-corrected chi connectivity index (χ4v) is 2.17. The van der Waals surface area contributed by atoms with Gasteiger partial charge in [0.25, 0.3) is 0 Å². The van der Waals surface area contributed by atoms with Crippen molar-refractivity contribution in [3.63, 3.8) is 0 Å². The normalized spacial score (nSPS) is 10.2. The van der Waals surface area contributed by atoms with Crippen molar-refractivity contribution in [1.82, 2.24) is 0 Å². The second-order valence-corrected chi connectivity index (χ2v) is 4.43. The van der Waals surface area contributed by atoms with Crippen LogP contribution in [0.2, 0.25) is 0 Å². The monoisotopic (exact) mass is 216 g/mol. The average Bonchev–Trinajstić information content (AvgIpc) is 2.31. The summed E-state index contributed by atoms with van der Waals surface area (Å²) in [6.45, 7) is 3.17. The molecule has 0 saturated carbocycles. The summed E-state index contributed by atoms with van der Waals surface area (Å²) >= 11 is 1.79. The maximum Gasteiger partial charge on any atom is 0.169 e. The minimum atomic E-state index is 1.02. The van der Waals surface area contributed by atoms with Gasteiger partial charge in [-0.1, -0.05) is 30.0 Å². The predicted molar refractivity (Wildman–Crippen MR) is 62.9 cm³/mol. The van der Waals surface area contributed by atoms with Gasteiger partial charge >= 0.3 is 0 Å². The average molecular weight is 216 g/mol. The molecule has 0 aliphatic rings. The van der Waals surface area contributed by atoms with Gasteiger partial charge < -0.3 is 0 Å². The third-order valence-corrected chi connectivity index (χ3v) is 3.22. The number of nitrogens with zero attached hydrogens (tertiary/aromatic N) is 1. The second kappa shape index (κ2) is 4.99. The number of hydrogen-bond donors (Lipinski definition) is 0. The Bertz CT molecular complexity index is 408. The number of aryl methyl sites for hydroxylation is 1. The Balaban J connectivity index is 2.11. The third kappa shape index (κ3) is 2.83. The van der Waals surface area contributed by atoms with Crippen LogP contribution >= 0.6 is 11.8 Å². The zero-order valence-electron chi connectivity index (χ0n) is 8.76. The lowest BCUT2D eigenvalue weighted by atomic mass is 10.4. The summed E-state index contributed by atoms with van der Waals surface area (Å²) in [5.74, 6) is 0. The molecular weight excluding hydrogens is 202 g/mol. The van der Waals surface area contributed by atoms with Gasteiger partial charge in [-0.05, 0) is 19.1 Å². The molecule has 0 aliphatic carbocycles. The van der Waals surface area contributed by atoms with E-state index in [4.69, 9.17) is 0 Å². The van der Waals surface area contributed by atoms with Crippen LogP contribution in [0.25, 0.3) is 0 Å². The molecule has 2 heteroatoms. The molecule has 0 radical (unpaired) electrons. The molecule has 0 spiro atoms. The van der Waals surface area contributed by atoms with Gasteiger partial charge in [0, 0.05) is 21.9 Å². The zero-order chi connectivity index (χ0) is 10.5. The Labute approximate surface area is 94.8 Å². The smallest absolute Gasteiger partial charge is 0.169 e. The molecule has 0 amide bonds. The fraction of sp³-hybridized carbons (Fsp3) is 0.154. The van der Waals surface area contributed by atoms with E-state index >= 15 is 0 Å². The molecule has 1 aromatic heterocycles. The maximum atomic E-state index is 2.16. The highest BCUT2D eigenvalue weighted by molar-refractivity contribution is 7.99. The quantitative estimate of drug-likeness (QED) is 0.713. The zero-order valence-corrected chi connectivity index (χ0v) is 9.58. The lowest BCUT2D eigenvalue weighted by molar-refractivity contribution is -0.693. The Hall–Kier alpha value is -1.28. The molecule has 0 aliphatic heterocycles. The second-order valence-electron chi connectivity index (χ2n) is 3.28. The van der Waals surface area contributed by atoms with E-state index in [0.717, 1.165) is 6.54 Å². The van der Waals surface area contributed by atoms with Crippen molar-refractivity contribution in [3.8, 4) is 0 Å². The van der Waals surface area contributed by atoms with E-state index < -0.39 is 0 Å². The number of rotatable bonds is 3. The van der Waals surface area contributed by atoms with Gasteiger partial charge in [0.15, 0.2) is 12.4 Å². The lowest BCUT2D eigenvalue weighted by Crippen LogP contribution is -2.30. The standard InChI is InChI=1S/C13H14NS/c1-2-14-10-8-13(9-11-14)15-12-6-4-3-5-7-12/h3-11H,2H2,1H3/q+1. The van der Waals surface area contributed by atoms with Crippen LogP contribution < -0.4 is 4.57 Å². The fourth-order valence-electron chi connectivity index (χ4n) is 1.35. The molecule has 0 bridgehead atoms. The van der Waals surface area contributed by atoms with Crippen molar-refractivity contribution in [2.24, 2.45) is 0 Å². The topological polar surface area (TPSA) is 3.88 Å². The van der Waals surface area contributed by atoms with Crippen LogP contribution in [0.5, 0.6) is 0 Å². The molecule has 76 valence electrons. The van der Waals surface area contributed by atoms with Gasteiger partial charge in [0.2, 0.25) is 0 Å². The van der Waals surface area contributed by atoms with E-state index in [1.807, 2.05) is 6.07 Å². The number of hydrogen-bond acceptors (Lipinski definition) is 1. The highest BCUT2D eigenvalue weighted by atomic mass is 32.2. The van der Waals surface area contributed by atoms with E-state index in [1.54, 1.807) is 11.8 Å². The van der Waals surface area contributed by atoms with Crippen LogP contribution in [0.3, 0.4) is 0 Å². The number of aromatic nitrogens is 1. The van der Waals surface area contributed by atoms with Crippen LogP contribution in [0, 0.1) is 0 Å². The molecule has 0 atom stereocenters. The molecule has 0 N–H and O–H groups in total. The van der Waals surface area contributed by atoms with Crippen LogP contribution in [-0.2, 0) is 6.54 Å². The minimum Gasteiger partial charge on any atom is -0.205 e. The SMILES string of the molecule is CC[n+]1ccc(Sc2ccccc2)cc1. The Morgan fingerprint density at radius 2 is 1.53 bits per heavy atom. The summed E-state index contributed by atoms with van der Waals surface area (Å²) in [6.07, 6.45) is 4.23. The first-order valence-electron chi connectivity index (χ1n) is 5.10. The Morgan fingerprint density at radius 3 is 2.13 bits per heavy atom. The molecule has 0 saturated heterocycles. The van der Waals surface area contributed by atoms with Crippen LogP contribution in [0.4, 0.5) is 0 Å². The maximum absolute atomic E-state index is 2.16. The molecule has 2 rings (SSSR count). The lowest BCUT2D eigenvalue weighted by Gasteiger charge is -1.99. The summed E-state index contributed by atoms with van der Waals surface area (Å²) in [5.41, 5.74) is 0. The molecule has 2 aromatic rings. The van der Waals surface area contributed by atoms with E-state index in [0.29, 0.717) is 0 Å². The molecule has 15 heavy (non-hydrogen) atoms. The highest BCUT2D eigenvalue weighted by Gasteiger charge is 1.99. The molecule has 1 aromatic carbocycles. The van der Waals surface area contributed by atoms with E-state index in [2.05, 4.69) is 60.3 Å². The van der Waals surface area contributed by atoms with Crippen molar-refractivity contribution < 1.29 is 4.57 Å². The summed E-state index contributed by atoms with van der Waals surface area (Å²) in [6, 6.07) is 14.7. The highest BCUT2D eigenvalue weighted by Crippen LogP contribution is 2.25. The number of pyridine rings is 1. The van der Waals surface area contributed by atoms with Gasteiger partial charge in [-0.3, -0.25) is 0 Å². The Kier molecular flexibility index (Phi) is 3.41. The third-order valence-electron chi connectivity index (χ3n) is 2.20. The Morgan fingerprint density at radius 1 is 0.933 bits per heavy atom. The van der Waals surface area contributed by atoms with E-state index in [9.17, 15) is 0 Å². The summed E-state index contributed by atoms with van der Waals surface area (Å²) < 4.78 is 2.16. The largest absolute Gasteiger partial charge is 0.205 e. The van der Waals surface area contributed by atoms with Crippen LogP contribution in [0.1, 0.15) is 6.92 Å². The molecule has 0 fully saturated rings. The molecular formula is C13H14NS+. The van der Waals surface area contributed by atoms with Crippen LogP contribution in [-0.4, -0.2) is 0 Å². The summed E-state index contributed by atoms with van der Waals surface area (Å²) in [5, 5.41) is 0. The van der Waals surface area contributed by atoms with Crippen molar-refractivity contribution in [3.05, 3.63) is 54.9 Å². The van der Waals surface area contributed by atoms with Gasteiger partial charge in [-0.2, -0.15) is 0 Å².